The Morgan fingerprint density at radius 3 is 2.52 bits per heavy atom. The first-order chi connectivity index (χ1) is 13.2. The first-order valence-electron chi connectivity index (χ1n) is 8.98. The Hall–Kier alpha value is -1.37. The van der Waals surface area contributed by atoms with E-state index in [4.69, 9.17) is 4.74 Å². The summed E-state index contributed by atoms with van der Waals surface area (Å²) < 4.78 is 58.1. The smallest absolute Gasteiger partial charge is 0.387 e. The fourth-order valence-electron chi connectivity index (χ4n) is 2.90. The lowest BCUT2D eigenvalue weighted by Gasteiger charge is -2.18. The molecule has 1 saturated carbocycles. The Bertz CT molecular complexity index is 802. The fraction of sp³-hybridized carbons (Fsp3) is 0.611. The SMILES string of the molecule is CCNC(=NCc1cc(OC)ccc1OC(F)F)NCC1(CS(C)(=O)=O)CC1.I. The number of guanidine groups is 1. The Morgan fingerprint density at radius 2 is 2.00 bits per heavy atom. The average Bonchev–Trinajstić information content (AvgIpc) is 3.35. The molecule has 1 fully saturated rings. The van der Waals surface area contributed by atoms with Crippen LogP contribution in [-0.2, 0) is 16.4 Å². The zero-order valence-corrected chi connectivity index (χ0v) is 19.9. The number of methoxy groups -OCH3 is 1. The fourth-order valence-corrected chi connectivity index (χ4v) is 4.40. The number of hydrogen-bond donors (Lipinski definition) is 2. The molecule has 0 bridgehead atoms. The van der Waals surface area contributed by atoms with Gasteiger partial charge in [-0.25, -0.2) is 13.4 Å². The zero-order valence-electron chi connectivity index (χ0n) is 16.7. The molecule has 0 aliphatic heterocycles. The topological polar surface area (TPSA) is 89.0 Å². The first-order valence-corrected chi connectivity index (χ1v) is 11.0. The number of aliphatic imine (C=N–C) groups is 1. The summed E-state index contributed by atoms with van der Waals surface area (Å²) >= 11 is 0. The Balaban J connectivity index is 0.00000420. The molecule has 1 aromatic rings. The summed E-state index contributed by atoms with van der Waals surface area (Å²) in [4.78, 5) is 4.42. The minimum atomic E-state index is -3.06. The van der Waals surface area contributed by atoms with E-state index in [0.29, 0.717) is 30.4 Å². The van der Waals surface area contributed by atoms with Crippen LogP contribution in [0, 0.1) is 5.41 Å². The van der Waals surface area contributed by atoms with Gasteiger partial charge in [-0.05, 0) is 38.0 Å². The maximum Gasteiger partial charge on any atom is 0.387 e. The van der Waals surface area contributed by atoms with Crippen LogP contribution in [0.1, 0.15) is 25.3 Å². The van der Waals surface area contributed by atoms with Crippen molar-refractivity contribution in [1.82, 2.24) is 10.6 Å². The van der Waals surface area contributed by atoms with Crippen LogP contribution in [0.25, 0.3) is 0 Å². The Labute approximate surface area is 187 Å². The van der Waals surface area contributed by atoms with Crippen molar-refractivity contribution >= 4 is 39.8 Å². The number of benzene rings is 1. The third-order valence-corrected chi connectivity index (χ3v) is 5.53. The van der Waals surface area contributed by atoms with Crippen LogP contribution in [-0.4, -0.2) is 53.2 Å². The minimum absolute atomic E-state index is 0. The van der Waals surface area contributed by atoms with Crippen LogP contribution >= 0.6 is 24.0 Å². The predicted octanol–water partition coefficient (Wildman–Crippen LogP) is 2.79. The molecule has 0 spiro atoms. The Morgan fingerprint density at radius 1 is 1.31 bits per heavy atom. The van der Waals surface area contributed by atoms with Crippen LogP contribution in [0.5, 0.6) is 11.5 Å². The summed E-state index contributed by atoms with van der Waals surface area (Å²) in [6.07, 6.45) is 2.92. The van der Waals surface area contributed by atoms with Gasteiger partial charge in [0.15, 0.2) is 5.96 Å². The quantitative estimate of drug-likeness (QED) is 0.266. The third kappa shape index (κ3) is 8.89. The van der Waals surface area contributed by atoms with Gasteiger partial charge >= 0.3 is 6.61 Å². The summed E-state index contributed by atoms with van der Waals surface area (Å²) in [6, 6.07) is 4.55. The largest absolute Gasteiger partial charge is 0.497 e. The van der Waals surface area contributed by atoms with Crippen molar-refractivity contribution in [2.75, 3.05) is 32.2 Å². The molecule has 1 aliphatic carbocycles. The summed E-state index contributed by atoms with van der Waals surface area (Å²) in [6.45, 7) is 0.132. The van der Waals surface area contributed by atoms with E-state index in [0.717, 1.165) is 12.8 Å². The number of ether oxygens (including phenoxy) is 2. The maximum absolute atomic E-state index is 12.6. The summed E-state index contributed by atoms with van der Waals surface area (Å²) in [5.74, 6) is 1.16. The van der Waals surface area contributed by atoms with Gasteiger partial charge in [-0.2, -0.15) is 8.78 Å². The number of halogens is 3. The molecule has 1 aromatic carbocycles. The molecule has 29 heavy (non-hydrogen) atoms. The molecule has 166 valence electrons. The summed E-state index contributed by atoms with van der Waals surface area (Å²) in [7, 11) is -1.58. The predicted molar refractivity (Wildman–Crippen MR) is 119 cm³/mol. The van der Waals surface area contributed by atoms with Gasteiger partial charge in [0.25, 0.3) is 0 Å². The van der Waals surface area contributed by atoms with Gasteiger partial charge in [-0.1, -0.05) is 0 Å². The van der Waals surface area contributed by atoms with Crippen LogP contribution < -0.4 is 20.1 Å². The molecular weight excluding hydrogens is 519 g/mol. The maximum atomic E-state index is 12.6. The van der Waals surface area contributed by atoms with E-state index >= 15 is 0 Å². The van der Waals surface area contributed by atoms with E-state index < -0.39 is 16.4 Å². The van der Waals surface area contributed by atoms with Crippen LogP contribution in [0.2, 0.25) is 0 Å². The monoisotopic (exact) mass is 547 g/mol. The second kappa shape index (κ2) is 11.1. The number of sulfone groups is 1. The molecule has 0 aromatic heterocycles. The van der Waals surface area contributed by atoms with Crippen LogP contribution in [0.4, 0.5) is 8.78 Å². The van der Waals surface area contributed by atoms with Gasteiger partial charge in [0.05, 0.1) is 19.4 Å². The van der Waals surface area contributed by atoms with E-state index in [-0.39, 0.29) is 47.4 Å². The van der Waals surface area contributed by atoms with E-state index in [1.54, 1.807) is 6.07 Å². The lowest BCUT2D eigenvalue weighted by molar-refractivity contribution is -0.0504. The third-order valence-electron chi connectivity index (χ3n) is 4.39. The molecule has 0 radical (unpaired) electrons. The molecule has 2 rings (SSSR count). The molecule has 11 heteroatoms. The van der Waals surface area contributed by atoms with E-state index in [1.165, 1.54) is 25.5 Å². The first kappa shape index (κ1) is 25.7. The van der Waals surface area contributed by atoms with Gasteiger partial charge in [-0.15, -0.1) is 24.0 Å². The van der Waals surface area contributed by atoms with Gasteiger partial charge in [0.2, 0.25) is 0 Å². The highest BCUT2D eigenvalue weighted by Gasteiger charge is 2.45. The number of alkyl halides is 2. The highest BCUT2D eigenvalue weighted by molar-refractivity contribution is 14.0. The van der Waals surface area contributed by atoms with Crippen LogP contribution in [0.3, 0.4) is 0 Å². The number of rotatable bonds is 10. The lowest BCUT2D eigenvalue weighted by atomic mass is 10.1. The van der Waals surface area contributed by atoms with Crippen molar-refractivity contribution in [3.05, 3.63) is 23.8 Å². The lowest BCUT2D eigenvalue weighted by Crippen LogP contribution is -2.41. The standard InChI is InChI=1S/C18H27F2N3O4S.HI/c1-4-21-17(23-11-18(7-8-18)12-28(3,24)25)22-10-13-9-14(26-2)5-6-15(13)27-16(19)20;/h5-6,9,16H,4,7-8,10-12H2,1-3H3,(H2,21,22,23);1H. The van der Waals surface area contributed by atoms with Crippen molar-refractivity contribution in [2.24, 2.45) is 10.4 Å². The van der Waals surface area contributed by atoms with Crippen molar-refractivity contribution in [1.29, 1.82) is 0 Å². The molecule has 0 saturated heterocycles. The molecule has 0 unspecified atom stereocenters. The molecule has 1 aliphatic rings. The molecule has 0 amide bonds. The summed E-state index contributed by atoms with van der Waals surface area (Å²) in [5, 5.41) is 6.23. The molecule has 0 atom stereocenters. The molecule has 0 heterocycles. The van der Waals surface area contributed by atoms with E-state index in [9.17, 15) is 17.2 Å². The van der Waals surface area contributed by atoms with Crippen molar-refractivity contribution in [2.45, 2.75) is 32.9 Å². The molecular formula is C18H28F2IN3O4S. The van der Waals surface area contributed by atoms with Crippen LogP contribution in [0.15, 0.2) is 23.2 Å². The number of nitrogens with zero attached hydrogens (tertiary/aromatic N) is 1. The van der Waals surface area contributed by atoms with Crippen molar-refractivity contribution in [3.8, 4) is 11.5 Å². The molecule has 7 nitrogen and oxygen atoms in total. The average molecular weight is 547 g/mol. The minimum Gasteiger partial charge on any atom is -0.497 e. The van der Waals surface area contributed by atoms with E-state index in [1.807, 2.05) is 6.92 Å². The normalized spacial score (nSPS) is 15.4. The number of hydrogen-bond acceptors (Lipinski definition) is 5. The summed E-state index contributed by atoms with van der Waals surface area (Å²) in [5.41, 5.74) is 0.193. The van der Waals surface area contributed by atoms with Gasteiger partial charge < -0.3 is 20.1 Å². The van der Waals surface area contributed by atoms with Crippen molar-refractivity contribution in [3.63, 3.8) is 0 Å². The zero-order chi connectivity index (χ0) is 20.8. The number of nitrogens with one attached hydrogen (secondary N) is 2. The second-order valence-corrected chi connectivity index (χ2v) is 9.11. The highest BCUT2D eigenvalue weighted by atomic mass is 127. The van der Waals surface area contributed by atoms with Crippen molar-refractivity contribution < 1.29 is 26.7 Å². The van der Waals surface area contributed by atoms with E-state index in [2.05, 4.69) is 20.4 Å². The van der Waals surface area contributed by atoms with Gasteiger partial charge in [-0.3, -0.25) is 0 Å². The Kier molecular flexibility index (Phi) is 9.86. The second-order valence-electron chi connectivity index (χ2n) is 6.97. The molecule has 2 N–H and O–H groups in total. The van der Waals surface area contributed by atoms with Gasteiger partial charge in [0.1, 0.15) is 21.3 Å². The van der Waals surface area contributed by atoms with Gasteiger partial charge in [0, 0.05) is 30.3 Å². The highest BCUT2D eigenvalue weighted by Crippen LogP contribution is 2.46.